The number of esters is 1. The van der Waals surface area contributed by atoms with E-state index in [1.807, 2.05) is 27.7 Å². The van der Waals surface area contributed by atoms with Crippen molar-refractivity contribution in [2.75, 3.05) is 0 Å². The maximum Gasteiger partial charge on any atom is 0.416 e. The Morgan fingerprint density at radius 2 is 1.61 bits per heavy atom. The maximum absolute atomic E-state index is 13.3. The van der Waals surface area contributed by atoms with Gasteiger partial charge in [-0.2, -0.15) is 13.2 Å². The standard InChI is InChI=1S/C38H55F3O5/c1-23-12-13-28-27(16-20-36(28,7)43)33(2,3)26(23)14-15-29-35(6)19-17-30(34(4,5)46-31(35)18-21-37(29,8)44)45-32(42)24-10-9-11-25(22-24)38(39,40)41/h9-12,22,26-31,43-44H,13-21H2,1-8H3/t26-,27+,28+,29+,30+,31+,35+,36+,37-/m1/s1. The molecule has 5 rings (SSSR count). The Morgan fingerprint density at radius 1 is 0.935 bits per heavy atom. The van der Waals surface area contributed by atoms with Gasteiger partial charge in [-0.25, -0.2) is 4.79 Å². The molecule has 0 radical (unpaired) electrons. The van der Waals surface area contributed by atoms with Crippen LogP contribution in [-0.2, 0) is 15.7 Å². The van der Waals surface area contributed by atoms with E-state index in [1.54, 1.807) is 0 Å². The number of fused-ring (bicyclic) bond motifs is 2. The first-order chi connectivity index (χ1) is 21.1. The number of benzene rings is 1. The predicted octanol–water partition coefficient (Wildman–Crippen LogP) is 8.91. The van der Waals surface area contributed by atoms with Crippen LogP contribution in [0.5, 0.6) is 0 Å². The third kappa shape index (κ3) is 6.44. The number of allylic oxidation sites excluding steroid dienone is 2. The smallest absolute Gasteiger partial charge is 0.416 e. The van der Waals surface area contributed by atoms with E-state index in [9.17, 15) is 28.2 Å². The first-order valence-electron chi connectivity index (χ1n) is 17.3. The minimum absolute atomic E-state index is 0.00622. The van der Waals surface area contributed by atoms with Crippen LogP contribution in [-0.4, -0.2) is 45.2 Å². The Hall–Kier alpha value is -1.90. The van der Waals surface area contributed by atoms with Crippen LogP contribution in [0.2, 0.25) is 0 Å². The molecule has 1 aliphatic heterocycles. The average Bonchev–Trinajstić information content (AvgIpc) is 3.16. The summed E-state index contributed by atoms with van der Waals surface area (Å²) in [6, 6.07) is 4.34. The topological polar surface area (TPSA) is 76.0 Å². The van der Waals surface area contributed by atoms with Crippen molar-refractivity contribution in [1.82, 2.24) is 0 Å². The average molecular weight is 649 g/mol. The Balaban J connectivity index is 1.36. The highest BCUT2D eigenvalue weighted by atomic mass is 19.4. The number of rotatable bonds is 5. The quantitative estimate of drug-likeness (QED) is 0.246. The molecule has 3 aliphatic carbocycles. The molecule has 0 aromatic heterocycles. The number of halogens is 3. The van der Waals surface area contributed by atoms with Gasteiger partial charge in [0, 0.05) is 0 Å². The first-order valence-corrected chi connectivity index (χ1v) is 17.3. The normalized spacial score (nSPS) is 40.6. The van der Waals surface area contributed by atoms with Gasteiger partial charge in [-0.05, 0) is 145 Å². The van der Waals surface area contributed by atoms with Crippen LogP contribution < -0.4 is 0 Å². The number of alkyl halides is 3. The molecule has 9 atom stereocenters. The summed E-state index contributed by atoms with van der Waals surface area (Å²) < 4.78 is 52.7. The summed E-state index contributed by atoms with van der Waals surface area (Å²) in [4.78, 5) is 13.2. The third-order valence-corrected chi connectivity index (χ3v) is 13.1. The molecule has 1 heterocycles. The summed E-state index contributed by atoms with van der Waals surface area (Å²) in [5, 5.41) is 23.1. The lowest BCUT2D eigenvalue weighted by Crippen LogP contribution is -2.56. The molecule has 0 spiro atoms. The minimum atomic E-state index is -4.56. The maximum atomic E-state index is 13.3. The molecular weight excluding hydrogens is 593 g/mol. The number of carbonyl (C=O) groups excluding carboxylic acids is 1. The fourth-order valence-corrected chi connectivity index (χ4v) is 10.3. The minimum Gasteiger partial charge on any atom is -0.456 e. The van der Waals surface area contributed by atoms with Crippen LogP contribution in [0.15, 0.2) is 35.9 Å². The lowest BCUT2D eigenvalue weighted by molar-refractivity contribution is -0.206. The van der Waals surface area contributed by atoms with Crippen LogP contribution in [0.1, 0.15) is 129 Å². The highest BCUT2D eigenvalue weighted by Crippen LogP contribution is 2.59. The lowest BCUT2D eigenvalue weighted by atomic mass is 9.55. The van der Waals surface area contributed by atoms with Gasteiger partial charge in [0.15, 0.2) is 0 Å². The van der Waals surface area contributed by atoms with Gasteiger partial charge in [-0.15, -0.1) is 0 Å². The van der Waals surface area contributed by atoms with Gasteiger partial charge in [-0.1, -0.05) is 38.5 Å². The van der Waals surface area contributed by atoms with E-state index in [-0.39, 0.29) is 28.9 Å². The van der Waals surface area contributed by atoms with Gasteiger partial charge < -0.3 is 19.7 Å². The summed E-state index contributed by atoms with van der Waals surface area (Å²) >= 11 is 0. The fraction of sp³-hybridized carbons (Fsp3) is 0.763. The van der Waals surface area contributed by atoms with E-state index < -0.39 is 46.0 Å². The van der Waals surface area contributed by atoms with Crippen molar-refractivity contribution in [2.45, 2.75) is 148 Å². The first kappa shape index (κ1) is 35.4. The SMILES string of the molecule is CC1=CC[C@H]2[C@H](CC[C@]2(C)O)C(C)(C)[C@@H]1CC[C@H]1[C@]2(C)CC[C@H](OC(=O)c3cccc(C(F)(F)F)c3)C(C)(C)O[C@H]2CC[C@@]1(C)O. The molecule has 1 aromatic carbocycles. The Morgan fingerprint density at radius 3 is 2.28 bits per heavy atom. The molecule has 5 nitrogen and oxygen atoms in total. The highest BCUT2D eigenvalue weighted by molar-refractivity contribution is 5.89. The van der Waals surface area contributed by atoms with Crippen molar-refractivity contribution < 1.29 is 37.7 Å². The Bertz CT molecular complexity index is 1330. The lowest BCUT2D eigenvalue weighted by Gasteiger charge is -2.54. The molecule has 2 saturated carbocycles. The number of hydrogen-bond acceptors (Lipinski definition) is 5. The van der Waals surface area contributed by atoms with Crippen molar-refractivity contribution >= 4 is 5.97 Å². The van der Waals surface area contributed by atoms with E-state index in [0.29, 0.717) is 37.5 Å². The van der Waals surface area contributed by atoms with Crippen molar-refractivity contribution in [2.24, 2.45) is 34.5 Å². The second-order valence-corrected chi connectivity index (χ2v) is 16.9. The zero-order valence-corrected chi connectivity index (χ0v) is 29.0. The molecule has 0 bridgehead atoms. The van der Waals surface area contributed by atoms with Crippen molar-refractivity contribution in [1.29, 1.82) is 0 Å². The van der Waals surface area contributed by atoms with Crippen LogP contribution in [0.4, 0.5) is 13.2 Å². The summed E-state index contributed by atoms with van der Waals surface area (Å²) in [7, 11) is 0. The number of ether oxygens (including phenoxy) is 2. The molecule has 46 heavy (non-hydrogen) atoms. The zero-order chi connectivity index (χ0) is 34.1. The van der Waals surface area contributed by atoms with Crippen molar-refractivity contribution in [3.05, 3.63) is 47.0 Å². The molecule has 8 heteroatoms. The molecule has 0 amide bonds. The number of aliphatic hydroxyl groups is 2. The van der Waals surface area contributed by atoms with Gasteiger partial charge in [0.05, 0.1) is 34.0 Å². The zero-order valence-electron chi connectivity index (χ0n) is 29.0. The molecule has 1 saturated heterocycles. The van der Waals surface area contributed by atoms with Crippen LogP contribution in [0.25, 0.3) is 0 Å². The van der Waals surface area contributed by atoms with Gasteiger partial charge in [0.25, 0.3) is 0 Å². The van der Waals surface area contributed by atoms with E-state index in [1.165, 1.54) is 17.7 Å². The summed E-state index contributed by atoms with van der Waals surface area (Å²) in [5.41, 5.74) is -2.49. The van der Waals surface area contributed by atoms with E-state index >= 15 is 0 Å². The summed E-state index contributed by atoms with van der Waals surface area (Å²) in [6.45, 7) is 16.9. The summed E-state index contributed by atoms with van der Waals surface area (Å²) in [6.07, 6.45) is 3.82. The molecule has 3 fully saturated rings. The molecule has 0 unspecified atom stereocenters. The van der Waals surface area contributed by atoms with Crippen molar-refractivity contribution in [3.8, 4) is 0 Å². The number of carbonyl (C=O) groups is 1. The van der Waals surface area contributed by atoms with Crippen LogP contribution >= 0.6 is 0 Å². The van der Waals surface area contributed by atoms with Gasteiger partial charge in [0.2, 0.25) is 0 Å². The fourth-order valence-electron chi connectivity index (χ4n) is 10.3. The summed E-state index contributed by atoms with van der Waals surface area (Å²) in [5.74, 6) is 0.122. The molecule has 4 aliphatic rings. The predicted molar refractivity (Wildman–Crippen MR) is 172 cm³/mol. The van der Waals surface area contributed by atoms with E-state index in [4.69, 9.17) is 9.47 Å². The monoisotopic (exact) mass is 648 g/mol. The Kier molecular flexibility index (Phi) is 9.16. The molecule has 1 aromatic rings. The van der Waals surface area contributed by atoms with Gasteiger partial charge in [-0.3, -0.25) is 0 Å². The van der Waals surface area contributed by atoms with Gasteiger partial charge in [0.1, 0.15) is 6.10 Å². The molecular formula is C38H55F3O5. The Labute approximate surface area is 273 Å². The molecule has 2 N–H and O–H groups in total. The number of hydrogen-bond donors (Lipinski definition) is 2. The van der Waals surface area contributed by atoms with E-state index in [2.05, 4.69) is 33.8 Å². The highest BCUT2D eigenvalue weighted by Gasteiger charge is 2.58. The molecule has 258 valence electrons. The van der Waals surface area contributed by atoms with Crippen LogP contribution in [0.3, 0.4) is 0 Å². The second-order valence-electron chi connectivity index (χ2n) is 16.9. The second kappa shape index (κ2) is 11.9. The van der Waals surface area contributed by atoms with E-state index in [0.717, 1.165) is 44.2 Å². The van der Waals surface area contributed by atoms with Crippen molar-refractivity contribution in [3.63, 3.8) is 0 Å². The largest absolute Gasteiger partial charge is 0.456 e. The van der Waals surface area contributed by atoms with Crippen LogP contribution in [0, 0.1) is 34.5 Å². The third-order valence-electron chi connectivity index (χ3n) is 13.1. The van der Waals surface area contributed by atoms with Gasteiger partial charge >= 0.3 is 12.1 Å².